The van der Waals surface area contributed by atoms with Crippen LogP contribution in [-0.2, 0) is 21.3 Å². The molecule has 2 aliphatic heterocycles. The minimum atomic E-state index is -3.16. The van der Waals surface area contributed by atoms with Crippen LogP contribution in [0.1, 0.15) is 5.56 Å². The second-order valence-corrected chi connectivity index (χ2v) is 7.80. The maximum atomic E-state index is 11.3. The van der Waals surface area contributed by atoms with Crippen LogP contribution < -0.4 is 4.72 Å². The number of hydrogen-bond acceptors (Lipinski definition) is 5. The Morgan fingerprint density at radius 2 is 2.40 bits per heavy atom. The van der Waals surface area contributed by atoms with Gasteiger partial charge in [0.1, 0.15) is 0 Å². The number of fused-ring (bicyclic) bond motifs is 1. The summed E-state index contributed by atoms with van der Waals surface area (Å²) in [5.41, 5.74) is 1.06. The molecule has 3 rings (SSSR count). The van der Waals surface area contributed by atoms with Crippen molar-refractivity contribution in [2.75, 3.05) is 39.1 Å². The molecule has 6 nitrogen and oxygen atoms in total. The fourth-order valence-corrected chi connectivity index (χ4v) is 3.78. The average molecular weight is 300 g/mol. The van der Waals surface area contributed by atoms with Gasteiger partial charge >= 0.3 is 0 Å². The van der Waals surface area contributed by atoms with Gasteiger partial charge in [0, 0.05) is 43.1 Å². The molecular weight excluding hydrogens is 280 g/mol. The predicted molar refractivity (Wildman–Crippen MR) is 73.6 cm³/mol. The largest absolute Gasteiger partial charge is 0.472 e. The van der Waals surface area contributed by atoms with E-state index in [1.807, 2.05) is 6.07 Å². The van der Waals surface area contributed by atoms with E-state index in [0.717, 1.165) is 25.2 Å². The number of furan rings is 1. The molecule has 112 valence electrons. The van der Waals surface area contributed by atoms with Crippen LogP contribution in [0.2, 0.25) is 0 Å². The minimum absolute atomic E-state index is 0.0905. The molecule has 0 bridgehead atoms. The van der Waals surface area contributed by atoms with E-state index in [0.29, 0.717) is 25.7 Å². The number of rotatable bonds is 5. The fraction of sp³-hybridized carbons (Fsp3) is 0.692. The third kappa shape index (κ3) is 2.90. The summed E-state index contributed by atoms with van der Waals surface area (Å²) in [7, 11) is -3.16. The van der Waals surface area contributed by atoms with Crippen molar-refractivity contribution >= 4 is 10.0 Å². The molecule has 0 spiro atoms. The molecule has 2 atom stereocenters. The summed E-state index contributed by atoms with van der Waals surface area (Å²) in [5, 5.41) is 0. The first-order valence-electron chi connectivity index (χ1n) is 6.73. The second kappa shape index (κ2) is 5.14. The van der Waals surface area contributed by atoms with Crippen molar-refractivity contribution < 1.29 is 17.6 Å². The molecule has 0 aromatic carbocycles. The first-order valence-corrected chi connectivity index (χ1v) is 8.62. The maximum Gasteiger partial charge on any atom is 0.208 e. The van der Waals surface area contributed by atoms with Gasteiger partial charge in [-0.2, -0.15) is 0 Å². The predicted octanol–water partition coefficient (Wildman–Crippen LogP) is 0.277. The number of hydrogen-bond donors (Lipinski definition) is 1. The van der Waals surface area contributed by atoms with Gasteiger partial charge in [0.2, 0.25) is 10.0 Å². The average Bonchev–Trinajstić information content (AvgIpc) is 3.01. The van der Waals surface area contributed by atoms with Crippen molar-refractivity contribution in [3.05, 3.63) is 24.2 Å². The highest BCUT2D eigenvalue weighted by molar-refractivity contribution is 7.88. The lowest BCUT2D eigenvalue weighted by atomic mass is 9.81. The number of nitrogens with one attached hydrogen (secondary N) is 1. The third-order valence-electron chi connectivity index (χ3n) is 4.26. The standard InChI is InChI=1S/C13H20N2O4S/c1-20(16,17)14-8-13-9-15(4-11-2-3-18-6-11)5-12(13)7-19-10-13/h2-3,6,12,14H,4-5,7-10H2,1H3/t12-,13+/m1/s1. The lowest BCUT2D eigenvalue weighted by molar-refractivity contribution is 0.128. The molecule has 0 unspecified atom stereocenters. The zero-order valence-corrected chi connectivity index (χ0v) is 12.4. The van der Waals surface area contributed by atoms with Crippen LogP contribution >= 0.6 is 0 Å². The van der Waals surface area contributed by atoms with Gasteiger partial charge < -0.3 is 9.15 Å². The number of nitrogens with zero attached hydrogens (tertiary/aromatic N) is 1. The van der Waals surface area contributed by atoms with Crippen LogP contribution in [0.15, 0.2) is 23.0 Å². The Kier molecular flexibility index (Phi) is 3.62. The summed E-state index contributed by atoms with van der Waals surface area (Å²) >= 11 is 0. The van der Waals surface area contributed by atoms with Gasteiger partial charge in [-0.15, -0.1) is 0 Å². The Labute approximate surface area is 119 Å². The van der Waals surface area contributed by atoms with E-state index in [9.17, 15) is 8.42 Å². The molecule has 0 radical (unpaired) electrons. The molecule has 2 saturated heterocycles. The van der Waals surface area contributed by atoms with Crippen molar-refractivity contribution in [3.63, 3.8) is 0 Å². The Balaban J connectivity index is 1.67. The van der Waals surface area contributed by atoms with Crippen molar-refractivity contribution in [1.82, 2.24) is 9.62 Å². The van der Waals surface area contributed by atoms with E-state index >= 15 is 0 Å². The summed E-state index contributed by atoms with van der Waals surface area (Å²) in [4.78, 5) is 2.35. The summed E-state index contributed by atoms with van der Waals surface area (Å²) in [5.74, 6) is 0.392. The molecule has 0 aliphatic carbocycles. The van der Waals surface area contributed by atoms with Crippen LogP contribution in [-0.4, -0.2) is 52.4 Å². The molecule has 1 aromatic heterocycles. The van der Waals surface area contributed by atoms with Crippen LogP contribution in [0.3, 0.4) is 0 Å². The van der Waals surface area contributed by atoms with Crippen molar-refractivity contribution in [3.8, 4) is 0 Å². The molecule has 3 heterocycles. The van der Waals surface area contributed by atoms with Gasteiger partial charge in [0.25, 0.3) is 0 Å². The lowest BCUT2D eigenvalue weighted by Crippen LogP contribution is -2.42. The molecule has 2 fully saturated rings. The SMILES string of the molecule is CS(=O)(=O)NC[C@]12COC[C@H]1CN(Cc1ccoc1)C2. The fourth-order valence-electron chi connectivity index (χ4n) is 3.23. The summed E-state index contributed by atoms with van der Waals surface area (Å²) in [6.07, 6.45) is 4.63. The molecule has 1 N–H and O–H groups in total. The van der Waals surface area contributed by atoms with Crippen molar-refractivity contribution in [2.24, 2.45) is 11.3 Å². The first kappa shape index (κ1) is 14.1. The molecule has 20 heavy (non-hydrogen) atoms. The van der Waals surface area contributed by atoms with Gasteiger partial charge in [0.05, 0.1) is 32.0 Å². The highest BCUT2D eigenvalue weighted by Crippen LogP contribution is 2.41. The van der Waals surface area contributed by atoms with E-state index in [1.54, 1.807) is 12.5 Å². The van der Waals surface area contributed by atoms with Gasteiger partial charge in [-0.25, -0.2) is 13.1 Å². The number of likely N-dealkylation sites (tertiary alicyclic amines) is 1. The van der Waals surface area contributed by atoms with Gasteiger partial charge in [-0.05, 0) is 6.07 Å². The Morgan fingerprint density at radius 3 is 3.10 bits per heavy atom. The van der Waals surface area contributed by atoms with E-state index in [2.05, 4.69) is 9.62 Å². The summed E-state index contributed by atoms with van der Waals surface area (Å²) in [6, 6.07) is 1.96. The monoisotopic (exact) mass is 300 g/mol. The quantitative estimate of drug-likeness (QED) is 0.845. The van der Waals surface area contributed by atoms with Crippen LogP contribution in [0.25, 0.3) is 0 Å². The topological polar surface area (TPSA) is 71.8 Å². The van der Waals surface area contributed by atoms with Crippen LogP contribution in [0, 0.1) is 11.3 Å². The second-order valence-electron chi connectivity index (χ2n) is 5.97. The van der Waals surface area contributed by atoms with Crippen LogP contribution in [0.4, 0.5) is 0 Å². The van der Waals surface area contributed by atoms with E-state index < -0.39 is 10.0 Å². The normalized spacial score (nSPS) is 30.8. The third-order valence-corrected chi connectivity index (χ3v) is 4.93. The zero-order valence-electron chi connectivity index (χ0n) is 11.5. The Hall–Kier alpha value is -0.890. The Bertz CT molecular complexity index is 557. The highest BCUT2D eigenvalue weighted by Gasteiger charge is 2.50. The van der Waals surface area contributed by atoms with Gasteiger partial charge in [-0.3, -0.25) is 4.90 Å². The molecule has 7 heteroatoms. The molecular formula is C13H20N2O4S. The minimum Gasteiger partial charge on any atom is -0.472 e. The molecule has 0 amide bonds. The van der Waals surface area contributed by atoms with Crippen molar-refractivity contribution in [1.29, 1.82) is 0 Å². The van der Waals surface area contributed by atoms with E-state index in [4.69, 9.17) is 9.15 Å². The zero-order chi connectivity index (χ0) is 14.2. The summed E-state index contributed by atoms with van der Waals surface area (Å²) in [6.45, 7) is 4.43. The smallest absolute Gasteiger partial charge is 0.208 e. The molecule has 2 aliphatic rings. The van der Waals surface area contributed by atoms with Crippen molar-refractivity contribution in [2.45, 2.75) is 6.54 Å². The highest BCUT2D eigenvalue weighted by atomic mass is 32.2. The first-order chi connectivity index (χ1) is 9.47. The van der Waals surface area contributed by atoms with E-state index in [1.165, 1.54) is 6.26 Å². The Morgan fingerprint density at radius 1 is 1.55 bits per heavy atom. The van der Waals surface area contributed by atoms with E-state index in [-0.39, 0.29) is 5.41 Å². The van der Waals surface area contributed by atoms with Crippen LogP contribution in [0.5, 0.6) is 0 Å². The molecule has 0 saturated carbocycles. The van der Waals surface area contributed by atoms with Gasteiger partial charge in [-0.1, -0.05) is 0 Å². The molecule has 1 aromatic rings. The number of ether oxygens (including phenoxy) is 1. The maximum absolute atomic E-state index is 11.3. The summed E-state index contributed by atoms with van der Waals surface area (Å²) < 4.78 is 36.0. The lowest BCUT2D eigenvalue weighted by Gasteiger charge is -2.27. The number of sulfonamides is 1. The van der Waals surface area contributed by atoms with Gasteiger partial charge in [0.15, 0.2) is 0 Å².